The van der Waals surface area contributed by atoms with E-state index < -0.39 is 23.7 Å². The smallest absolute Gasteiger partial charge is 0.308 e. The number of methoxy groups -OCH3 is 1. The van der Waals surface area contributed by atoms with Gasteiger partial charge in [0.25, 0.3) is 11.7 Å². The number of hydrogen-bond donors (Lipinski definition) is 1. The Bertz CT molecular complexity index is 1380. The molecule has 3 aromatic carbocycles. The van der Waals surface area contributed by atoms with E-state index in [0.717, 1.165) is 12.0 Å². The minimum absolute atomic E-state index is 0.107. The number of ether oxygens (including phenoxy) is 2. The van der Waals surface area contributed by atoms with Crippen molar-refractivity contribution in [3.63, 3.8) is 0 Å². The molecular formula is C28H24ClNO6. The van der Waals surface area contributed by atoms with E-state index in [4.69, 9.17) is 21.1 Å². The van der Waals surface area contributed by atoms with E-state index >= 15 is 0 Å². The van der Waals surface area contributed by atoms with Crippen LogP contribution in [0.25, 0.3) is 5.76 Å². The summed E-state index contributed by atoms with van der Waals surface area (Å²) in [7, 11) is 1.43. The van der Waals surface area contributed by atoms with Crippen LogP contribution in [0.4, 0.5) is 5.69 Å². The lowest BCUT2D eigenvalue weighted by Gasteiger charge is -2.26. The molecule has 1 unspecified atom stereocenters. The Balaban J connectivity index is 1.93. The van der Waals surface area contributed by atoms with Crippen molar-refractivity contribution < 1.29 is 29.0 Å². The molecule has 0 spiro atoms. The van der Waals surface area contributed by atoms with Gasteiger partial charge in [-0.3, -0.25) is 19.3 Å². The molecular weight excluding hydrogens is 482 g/mol. The van der Waals surface area contributed by atoms with Crippen molar-refractivity contribution in [1.29, 1.82) is 0 Å². The summed E-state index contributed by atoms with van der Waals surface area (Å²) in [4.78, 5) is 39.5. The Morgan fingerprint density at radius 3 is 2.42 bits per heavy atom. The van der Waals surface area contributed by atoms with E-state index in [0.29, 0.717) is 22.0 Å². The van der Waals surface area contributed by atoms with Crippen LogP contribution in [0.15, 0.2) is 72.3 Å². The second kappa shape index (κ2) is 10.3. The van der Waals surface area contributed by atoms with E-state index in [1.807, 2.05) is 19.1 Å². The third kappa shape index (κ3) is 4.70. The number of nitrogens with zero attached hydrogens (tertiary/aromatic N) is 1. The van der Waals surface area contributed by atoms with Gasteiger partial charge in [0.05, 0.1) is 23.7 Å². The van der Waals surface area contributed by atoms with Crippen LogP contribution in [0.3, 0.4) is 0 Å². The van der Waals surface area contributed by atoms with E-state index in [9.17, 15) is 19.5 Å². The van der Waals surface area contributed by atoms with Gasteiger partial charge in [0.2, 0.25) is 0 Å². The monoisotopic (exact) mass is 505 g/mol. The fourth-order valence-corrected chi connectivity index (χ4v) is 4.38. The average Bonchev–Trinajstić information content (AvgIpc) is 3.14. The molecule has 36 heavy (non-hydrogen) atoms. The first-order valence-electron chi connectivity index (χ1n) is 11.3. The van der Waals surface area contributed by atoms with Crippen LogP contribution < -0.4 is 14.4 Å². The molecule has 0 aromatic heterocycles. The van der Waals surface area contributed by atoms with Crippen LogP contribution in [-0.4, -0.2) is 29.9 Å². The number of amides is 1. The molecule has 1 amide bonds. The average molecular weight is 506 g/mol. The van der Waals surface area contributed by atoms with Gasteiger partial charge >= 0.3 is 5.97 Å². The van der Waals surface area contributed by atoms with Crippen molar-refractivity contribution in [2.24, 2.45) is 0 Å². The van der Waals surface area contributed by atoms with Gasteiger partial charge in [-0.1, -0.05) is 42.8 Å². The molecule has 0 bridgehead atoms. The summed E-state index contributed by atoms with van der Waals surface area (Å²) in [6.07, 6.45) is 0.811. The van der Waals surface area contributed by atoms with E-state index in [2.05, 4.69) is 0 Å². The van der Waals surface area contributed by atoms with Crippen molar-refractivity contribution in [1.82, 2.24) is 0 Å². The van der Waals surface area contributed by atoms with E-state index in [1.165, 1.54) is 37.1 Å². The van der Waals surface area contributed by atoms with Gasteiger partial charge in [-0.05, 0) is 60.0 Å². The summed E-state index contributed by atoms with van der Waals surface area (Å²) >= 11 is 6.13. The Kier molecular flexibility index (Phi) is 7.12. The number of benzene rings is 3. The van der Waals surface area contributed by atoms with Gasteiger partial charge < -0.3 is 14.6 Å². The number of aliphatic hydroxyl groups excluding tert-OH is 1. The van der Waals surface area contributed by atoms with Gasteiger partial charge in [0, 0.05) is 18.2 Å². The quantitative estimate of drug-likeness (QED) is 0.157. The first-order valence-corrected chi connectivity index (χ1v) is 11.6. The van der Waals surface area contributed by atoms with Gasteiger partial charge in [-0.25, -0.2) is 0 Å². The fourth-order valence-electron chi connectivity index (χ4n) is 4.18. The Hall–Kier alpha value is -4.10. The standard InChI is InChI=1S/C28H24ClNO6/c1-4-17-8-11-20(12-9-17)30-25(18-6-5-7-21(14-18)36-16(2)31)24(27(33)28(30)34)26(32)19-10-13-22(29)23(15-19)35-3/h5-15,25,32H,4H2,1-3H3/b26-24-. The summed E-state index contributed by atoms with van der Waals surface area (Å²) in [5, 5.41) is 11.6. The number of esters is 1. The molecule has 1 saturated heterocycles. The number of ketones is 1. The first-order chi connectivity index (χ1) is 17.2. The molecule has 0 aliphatic carbocycles. The number of hydrogen-bond acceptors (Lipinski definition) is 6. The normalized spacial score (nSPS) is 16.8. The van der Waals surface area contributed by atoms with Crippen molar-refractivity contribution >= 4 is 40.7 Å². The highest BCUT2D eigenvalue weighted by molar-refractivity contribution is 6.51. The molecule has 184 valence electrons. The lowest BCUT2D eigenvalue weighted by Crippen LogP contribution is -2.29. The number of carbonyl (C=O) groups is 3. The van der Waals surface area contributed by atoms with Crippen molar-refractivity contribution in [2.75, 3.05) is 12.0 Å². The van der Waals surface area contributed by atoms with Gasteiger partial charge in [0.1, 0.15) is 17.3 Å². The van der Waals surface area contributed by atoms with Gasteiger partial charge in [0.15, 0.2) is 0 Å². The van der Waals surface area contributed by atoms with Crippen molar-refractivity contribution in [3.8, 4) is 11.5 Å². The third-order valence-electron chi connectivity index (χ3n) is 5.93. The second-order valence-electron chi connectivity index (χ2n) is 8.20. The molecule has 7 nitrogen and oxygen atoms in total. The number of anilines is 1. The minimum atomic E-state index is -0.977. The van der Waals surface area contributed by atoms with Crippen LogP contribution in [0.2, 0.25) is 5.02 Å². The number of aliphatic hydroxyl groups is 1. The predicted octanol–water partition coefficient (Wildman–Crippen LogP) is 5.46. The highest BCUT2D eigenvalue weighted by Gasteiger charge is 2.47. The molecule has 3 aromatic rings. The Labute approximate surface area is 213 Å². The molecule has 4 rings (SSSR count). The van der Waals surface area contributed by atoms with Crippen molar-refractivity contribution in [2.45, 2.75) is 26.3 Å². The number of aryl methyl sites for hydroxylation is 1. The summed E-state index contributed by atoms with van der Waals surface area (Å²) < 4.78 is 10.5. The molecule has 0 saturated carbocycles. The van der Waals surface area contributed by atoms with Crippen LogP contribution in [0.1, 0.15) is 36.6 Å². The Morgan fingerprint density at radius 1 is 1.06 bits per heavy atom. The van der Waals surface area contributed by atoms with Crippen molar-refractivity contribution in [3.05, 3.63) is 94.0 Å². The zero-order valence-corrected chi connectivity index (χ0v) is 20.7. The number of rotatable bonds is 6. The third-order valence-corrected chi connectivity index (χ3v) is 6.24. The van der Waals surface area contributed by atoms with Crippen LogP contribution in [0, 0.1) is 0 Å². The number of carbonyl (C=O) groups excluding carboxylic acids is 3. The second-order valence-corrected chi connectivity index (χ2v) is 8.61. The van der Waals surface area contributed by atoms with E-state index in [-0.39, 0.29) is 22.6 Å². The fraction of sp³-hybridized carbons (Fsp3) is 0.179. The topological polar surface area (TPSA) is 93.1 Å². The van der Waals surface area contributed by atoms with E-state index in [1.54, 1.807) is 36.4 Å². The highest BCUT2D eigenvalue weighted by Crippen LogP contribution is 2.43. The zero-order valence-electron chi connectivity index (χ0n) is 19.9. The lowest BCUT2D eigenvalue weighted by atomic mass is 9.95. The maximum absolute atomic E-state index is 13.3. The molecule has 1 fully saturated rings. The summed E-state index contributed by atoms with van der Waals surface area (Å²) in [5.74, 6) is -1.96. The van der Waals surface area contributed by atoms with Crippen LogP contribution in [0.5, 0.6) is 11.5 Å². The summed E-state index contributed by atoms with van der Waals surface area (Å²) in [5.41, 5.74) is 2.19. The molecule has 1 N–H and O–H groups in total. The summed E-state index contributed by atoms with van der Waals surface area (Å²) in [6.45, 7) is 3.30. The zero-order chi connectivity index (χ0) is 26.0. The minimum Gasteiger partial charge on any atom is -0.507 e. The largest absolute Gasteiger partial charge is 0.507 e. The summed E-state index contributed by atoms with van der Waals surface area (Å²) in [6, 6.07) is 17.4. The predicted molar refractivity (Wildman–Crippen MR) is 136 cm³/mol. The van der Waals surface area contributed by atoms with Crippen LogP contribution >= 0.6 is 11.6 Å². The van der Waals surface area contributed by atoms with Gasteiger partial charge in [-0.2, -0.15) is 0 Å². The number of Topliss-reactive ketones (excluding diaryl/α,β-unsaturated/α-hetero) is 1. The molecule has 1 atom stereocenters. The lowest BCUT2D eigenvalue weighted by molar-refractivity contribution is -0.132. The maximum Gasteiger partial charge on any atom is 0.308 e. The van der Waals surface area contributed by atoms with Gasteiger partial charge in [-0.15, -0.1) is 0 Å². The highest BCUT2D eigenvalue weighted by atomic mass is 35.5. The molecule has 8 heteroatoms. The van der Waals surface area contributed by atoms with Crippen LogP contribution in [-0.2, 0) is 20.8 Å². The Morgan fingerprint density at radius 2 is 1.78 bits per heavy atom. The maximum atomic E-state index is 13.3. The molecule has 0 radical (unpaired) electrons. The molecule has 1 aliphatic rings. The number of halogens is 1. The first kappa shape index (κ1) is 25.0. The SMILES string of the molecule is CCc1ccc(N2C(=O)C(=O)/C(=C(\O)c3ccc(Cl)c(OC)c3)C2c2cccc(OC(C)=O)c2)cc1. The molecule has 1 aliphatic heterocycles. The molecule has 1 heterocycles.